The Morgan fingerprint density at radius 3 is 2.53 bits per heavy atom. The summed E-state index contributed by atoms with van der Waals surface area (Å²) in [6.07, 6.45) is 5.09. The molecule has 2 unspecified atom stereocenters. The Balaban J connectivity index is 1.41. The predicted octanol–water partition coefficient (Wildman–Crippen LogP) is 4.61. The fourth-order valence-electron chi connectivity index (χ4n) is 5.27. The zero-order valence-electron chi connectivity index (χ0n) is 19.5. The summed E-state index contributed by atoms with van der Waals surface area (Å²) in [4.78, 5) is 26.7. The molecule has 0 radical (unpaired) electrons. The zero-order chi connectivity index (χ0) is 22.8. The number of benzene rings is 1. The first kappa shape index (κ1) is 22.9. The molecule has 7 nitrogen and oxygen atoms in total. The Labute approximate surface area is 190 Å². The van der Waals surface area contributed by atoms with Crippen LogP contribution in [0.25, 0.3) is 0 Å². The highest BCUT2D eigenvalue weighted by Gasteiger charge is 2.52. The van der Waals surface area contributed by atoms with Crippen LogP contribution >= 0.6 is 0 Å². The maximum Gasteiger partial charge on any atom is 0.410 e. The molecular formula is C25H36N2O5. The van der Waals surface area contributed by atoms with E-state index in [4.69, 9.17) is 14.2 Å². The number of nitrogens with one attached hydrogen (secondary N) is 1. The van der Waals surface area contributed by atoms with E-state index < -0.39 is 17.2 Å². The molecule has 3 fully saturated rings. The number of amides is 2. The van der Waals surface area contributed by atoms with Gasteiger partial charge < -0.3 is 24.4 Å². The van der Waals surface area contributed by atoms with E-state index >= 15 is 0 Å². The van der Waals surface area contributed by atoms with Gasteiger partial charge in [0.2, 0.25) is 0 Å². The van der Waals surface area contributed by atoms with Crippen molar-refractivity contribution in [1.82, 2.24) is 10.2 Å². The van der Waals surface area contributed by atoms with E-state index in [9.17, 15) is 9.59 Å². The normalized spacial score (nSPS) is 30.7. The largest absolute Gasteiger partial charge is 0.447 e. The lowest BCUT2D eigenvalue weighted by Crippen LogP contribution is -2.66. The van der Waals surface area contributed by atoms with Gasteiger partial charge in [0.1, 0.15) is 17.7 Å². The van der Waals surface area contributed by atoms with Gasteiger partial charge in [-0.3, -0.25) is 0 Å². The smallest absolute Gasteiger partial charge is 0.410 e. The number of carbonyl (C=O) groups is 2. The quantitative estimate of drug-likeness (QED) is 0.734. The summed E-state index contributed by atoms with van der Waals surface area (Å²) in [6.45, 7) is 6.79. The Hall–Kier alpha value is -2.28. The van der Waals surface area contributed by atoms with E-state index in [-0.39, 0.29) is 24.8 Å². The predicted molar refractivity (Wildman–Crippen MR) is 121 cm³/mol. The zero-order valence-corrected chi connectivity index (χ0v) is 19.5. The molecule has 1 saturated carbocycles. The molecule has 2 saturated heterocycles. The van der Waals surface area contributed by atoms with Crippen LogP contribution in [-0.2, 0) is 14.2 Å². The minimum Gasteiger partial charge on any atom is -0.447 e. The van der Waals surface area contributed by atoms with Gasteiger partial charge in [-0.1, -0.05) is 30.3 Å². The first-order chi connectivity index (χ1) is 15.3. The van der Waals surface area contributed by atoms with Crippen molar-refractivity contribution in [2.24, 2.45) is 0 Å². The first-order valence-corrected chi connectivity index (χ1v) is 11.9. The number of hydrogen-bond acceptors (Lipinski definition) is 5. The maximum atomic E-state index is 13.0. The van der Waals surface area contributed by atoms with Gasteiger partial charge in [-0.15, -0.1) is 0 Å². The summed E-state index contributed by atoms with van der Waals surface area (Å²) in [5.41, 5.74) is 0.199. The third-order valence-electron chi connectivity index (χ3n) is 6.91. The molecule has 2 aliphatic heterocycles. The highest BCUT2D eigenvalue weighted by molar-refractivity contribution is 5.73. The molecule has 1 N–H and O–H groups in total. The lowest BCUT2D eigenvalue weighted by molar-refractivity contribution is -0.0582. The second-order valence-electron chi connectivity index (χ2n) is 10.4. The van der Waals surface area contributed by atoms with E-state index in [1.165, 1.54) is 5.56 Å². The molecule has 1 aromatic rings. The Kier molecular flexibility index (Phi) is 6.65. The molecule has 1 aliphatic carbocycles. The van der Waals surface area contributed by atoms with E-state index in [1.807, 2.05) is 20.8 Å². The van der Waals surface area contributed by atoms with Gasteiger partial charge in [-0.05, 0) is 70.8 Å². The van der Waals surface area contributed by atoms with Gasteiger partial charge in [0, 0.05) is 6.54 Å². The van der Waals surface area contributed by atoms with Crippen LogP contribution in [0.15, 0.2) is 30.3 Å². The molecule has 4 rings (SSSR count). The number of piperidine rings is 1. The maximum absolute atomic E-state index is 13.0. The van der Waals surface area contributed by atoms with Crippen molar-refractivity contribution in [3.63, 3.8) is 0 Å². The fourth-order valence-corrected chi connectivity index (χ4v) is 5.27. The van der Waals surface area contributed by atoms with Crippen molar-refractivity contribution in [2.75, 3.05) is 19.8 Å². The minimum atomic E-state index is -0.618. The standard InChI is InChI=1S/C25H36N2O5/c1-24(2,3)32-23(29)27-15-7-14-25(17-31-22(28)26-25)21(27)16-30-20-12-10-19(11-13-20)18-8-5-4-6-9-18/h4-6,8-9,19-21H,7,10-17H2,1-3H3,(H,26,28). The first-order valence-electron chi connectivity index (χ1n) is 11.9. The van der Waals surface area contributed by atoms with Gasteiger partial charge >= 0.3 is 12.2 Å². The van der Waals surface area contributed by atoms with E-state index in [0.717, 1.165) is 38.5 Å². The molecule has 2 atom stereocenters. The Bertz CT molecular complexity index is 800. The summed E-state index contributed by atoms with van der Waals surface area (Å²) >= 11 is 0. The Morgan fingerprint density at radius 1 is 1.19 bits per heavy atom. The second-order valence-corrected chi connectivity index (χ2v) is 10.4. The minimum absolute atomic E-state index is 0.160. The number of cyclic esters (lactones) is 1. The summed E-state index contributed by atoms with van der Waals surface area (Å²) in [6, 6.07) is 10.4. The Morgan fingerprint density at radius 2 is 1.91 bits per heavy atom. The van der Waals surface area contributed by atoms with E-state index in [1.54, 1.807) is 4.90 Å². The van der Waals surface area contributed by atoms with Gasteiger partial charge in [0.15, 0.2) is 0 Å². The van der Waals surface area contributed by atoms with Crippen molar-refractivity contribution in [1.29, 1.82) is 0 Å². The molecular weight excluding hydrogens is 408 g/mol. The average molecular weight is 445 g/mol. The van der Waals surface area contributed by atoms with Crippen molar-refractivity contribution >= 4 is 12.2 Å². The number of alkyl carbamates (subject to hydrolysis) is 1. The average Bonchev–Trinajstić information content (AvgIpc) is 3.13. The highest BCUT2D eigenvalue weighted by atomic mass is 16.6. The van der Waals surface area contributed by atoms with Crippen molar-refractivity contribution in [2.45, 2.75) is 88.5 Å². The van der Waals surface area contributed by atoms with Crippen LogP contribution in [-0.4, -0.2) is 60.1 Å². The summed E-state index contributed by atoms with van der Waals surface area (Å²) in [7, 11) is 0. The number of carbonyl (C=O) groups excluding carboxylic acids is 2. The van der Waals surface area contributed by atoms with Crippen LogP contribution < -0.4 is 5.32 Å². The van der Waals surface area contributed by atoms with Crippen molar-refractivity contribution in [3.05, 3.63) is 35.9 Å². The second kappa shape index (κ2) is 9.30. The summed E-state index contributed by atoms with van der Waals surface area (Å²) < 4.78 is 17.3. The topological polar surface area (TPSA) is 77.1 Å². The van der Waals surface area contributed by atoms with Crippen LogP contribution in [0.1, 0.15) is 70.8 Å². The third-order valence-corrected chi connectivity index (χ3v) is 6.91. The molecule has 1 aromatic carbocycles. The molecule has 2 amide bonds. The molecule has 32 heavy (non-hydrogen) atoms. The van der Waals surface area contributed by atoms with Crippen molar-refractivity contribution in [3.8, 4) is 0 Å². The molecule has 0 bridgehead atoms. The molecule has 176 valence electrons. The van der Waals surface area contributed by atoms with Gasteiger partial charge in [0.05, 0.1) is 18.8 Å². The number of hydrogen-bond donors (Lipinski definition) is 1. The number of nitrogens with zero attached hydrogens (tertiary/aromatic N) is 1. The van der Waals surface area contributed by atoms with Gasteiger partial charge in [-0.2, -0.15) is 0 Å². The van der Waals surface area contributed by atoms with Crippen LogP contribution in [0.4, 0.5) is 9.59 Å². The summed E-state index contributed by atoms with van der Waals surface area (Å²) in [5.74, 6) is 0.581. The number of ether oxygens (including phenoxy) is 3. The molecule has 0 aromatic heterocycles. The molecule has 1 spiro atoms. The van der Waals surface area contributed by atoms with E-state index in [0.29, 0.717) is 19.1 Å². The SMILES string of the molecule is CC(C)(C)OC(=O)N1CCCC2(COC(=O)N2)C1COC1CCC(c2ccccc2)CC1. The van der Waals surface area contributed by atoms with Crippen LogP contribution in [0.3, 0.4) is 0 Å². The number of rotatable bonds is 4. The molecule has 2 heterocycles. The van der Waals surface area contributed by atoms with Crippen molar-refractivity contribution < 1.29 is 23.8 Å². The third kappa shape index (κ3) is 5.20. The van der Waals surface area contributed by atoms with E-state index in [2.05, 4.69) is 35.6 Å². The lowest BCUT2D eigenvalue weighted by atomic mass is 9.81. The molecule has 3 aliphatic rings. The van der Waals surface area contributed by atoms with Gasteiger partial charge in [-0.25, -0.2) is 9.59 Å². The number of likely N-dealkylation sites (tertiary alicyclic amines) is 1. The van der Waals surface area contributed by atoms with Gasteiger partial charge in [0.25, 0.3) is 0 Å². The van der Waals surface area contributed by atoms with Crippen LogP contribution in [0, 0.1) is 0 Å². The highest BCUT2D eigenvalue weighted by Crippen LogP contribution is 2.36. The lowest BCUT2D eigenvalue weighted by Gasteiger charge is -2.46. The van der Waals surface area contributed by atoms with Crippen LogP contribution in [0.5, 0.6) is 0 Å². The monoisotopic (exact) mass is 444 g/mol. The fraction of sp³-hybridized carbons (Fsp3) is 0.680. The summed E-state index contributed by atoms with van der Waals surface area (Å²) in [5, 5.41) is 2.99. The molecule has 7 heteroatoms. The van der Waals surface area contributed by atoms with Crippen LogP contribution in [0.2, 0.25) is 0 Å².